The Morgan fingerprint density at radius 2 is 2.41 bits per heavy atom. The predicted octanol–water partition coefficient (Wildman–Crippen LogP) is 3.28. The number of thioether (sulfide) groups is 1. The lowest BCUT2D eigenvalue weighted by molar-refractivity contribution is -0.123. The topological polar surface area (TPSA) is 33.5 Å². The Morgan fingerprint density at radius 1 is 1.65 bits per heavy atom. The van der Waals surface area contributed by atoms with Crippen molar-refractivity contribution in [3.63, 3.8) is 0 Å². The summed E-state index contributed by atoms with van der Waals surface area (Å²) < 4.78 is 5.82. The number of hydrogen-bond acceptors (Lipinski definition) is 4. The first kappa shape index (κ1) is 12.4. The van der Waals surface area contributed by atoms with Crippen molar-refractivity contribution in [2.75, 3.05) is 0 Å². The molecule has 1 aliphatic rings. The van der Waals surface area contributed by atoms with E-state index in [1.54, 1.807) is 23.3 Å². The maximum absolute atomic E-state index is 12.2. The maximum atomic E-state index is 12.2. The van der Waals surface area contributed by atoms with E-state index in [1.807, 2.05) is 19.9 Å². The highest BCUT2D eigenvalue weighted by Gasteiger charge is 2.34. The molecule has 0 spiro atoms. The van der Waals surface area contributed by atoms with Gasteiger partial charge >= 0.3 is 0 Å². The first-order valence-electron chi connectivity index (χ1n) is 5.44. The van der Waals surface area contributed by atoms with Crippen molar-refractivity contribution >= 4 is 40.3 Å². The number of carbonyl (C=O) groups excluding carboxylic acids is 1. The van der Waals surface area contributed by atoms with Crippen LogP contribution in [0.1, 0.15) is 26.0 Å². The van der Waals surface area contributed by atoms with E-state index < -0.39 is 0 Å². The smallest absolute Gasteiger partial charge is 0.266 e. The molecule has 1 unspecified atom stereocenters. The van der Waals surface area contributed by atoms with Gasteiger partial charge < -0.3 is 4.42 Å². The third-order valence-corrected chi connectivity index (χ3v) is 4.00. The second-order valence-corrected chi connectivity index (χ2v) is 5.50. The summed E-state index contributed by atoms with van der Waals surface area (Å²) >= 11 is 6.56. The third-order valence-electron chi connectivity index (χ3n) is 2.67. The minimum atomic E-state index is -0.0225. The summed E-state index contributed by atoms with van der Waals surface area (Å²) in [6, 6.07) is 3.75. The number of carbonyl (C=O) groups is 1. The average Bonchev–Trinajstić information content (AvgIpc) is 2.89. The number of thiocarbonyl (C=S) groups is 1. The van der Waals surface area contributed by atoms with Crippen molar-refractivity contribution in [3.8, 4) is 0 Å². The van der Waals surface area contributed by atoms with Gasteiger partial charge in [-0.05, 0) is 25.5 Å². The molecule has 3 nitrogen and oxygen atoms in total. The zero-order valence-electron chi connectivity index (χ0n) is 9.67. The van der Waals surface area contributed by atoms with Crippen molar-refractivity contribution < 1.29 is 9.21 Å². The van der Waals surface area contributed by atoms with Crippen LogP contribution in [0.3, 0.4) is 0 Å². The van der Waals surface area contributed by atoms with E-state index in [1.165, 1.54) is 11.8 Å². The number of nitrogens with zero attached hydrogens (tertiary/aromatic N) is 1. The largest absolute Gasteiger partial charge is 0.465 e. The van der Waals surface area contributed by atoms with Crippen LogP contribution >= 0.6 is 24.0 Å². The molecule has 1 aromatic rings. The molecule has 90 valence electrons. The minimum absolute atomic E-state index is 0.0225. The van der Waals surface area contributed by atoms with E-state index in [2.05, 4.69) is 0 Å². The van der Waals surface area contributed by atoms with Crippen LogP contribution in [0.15, 0.2) is 27.7 Å². The van der Waals surface area contributed by atoms with Crippen LogP contribution in [0.5, 0.6) is 0 Å². The lowest BCUT2D eigenvalue weighted by Gasteiger charge is -2.21. The highest BCUT2D eigenvalue weighted by atomic mass is 32.2. The van der Waals surface area contributed by atoms with Gasteiger partial charge in [-0.15, -0.1) is 0 Å². The highest BCUT2D eigenvalue weighted by Crippen LogP contribution is 2.34. The Labute approximate surface area is 110 Å². The molecule has 2 heterocycles. The Hall–Kier alpha value is -1.07. The molecule has 0 N–H and O–H groups in total. The van der Waals surface area contributed by atoms with Crippen LogP contribution in [0.4, 0.5) is 0 Å². The van der Waals surface area contributed by atoms with Crippen LogP contribution in [-0.4, -0.2) is 21.2 Å². The van der Waals surface area contributed by atoms with Crippen molar-refractivity contribution in [2.24, 2.45) is 0 Å². The lowest BCUT2D eigenvalue weighted by atomic mass is 10.2. The van der Waals surface area contributed by atoms with E-state index in [-0.39, 0.29) is 11.9 Å². The number of hydrogen-bond donors (Lipinski definition) is 0. The van der Waals surface area contributed by atoms with Crippen molar-refractivity contribution in [1.29, 1.82) is 0 Å². The molecule has 1 fully saturated rings. The molecule has 5 heteroatoms. The molecule has 1 aliphatic heterocycles. The second-order valence-electron chi connectivity index (χ2n) is 3.82. The molecule has 1 aromatic heterocycles. The number of furan rings is 1. The van der Waals surface area contributed by atoms with Crippen LogP contribution < -0.4 is 0 Å². The fourth-order valence-electron chi connectivity index (χ4n) is 1.55. The summed E-state index contributed by atoms with van der Waals surface area (Å²) in [5.41, 5.74) is 0. The third kappa shape index (κ3) is 2.45. The zero-order valence-corrected chi connectivity index (χ0v) is 11.3. The Balaban J connectivity index is 2.24. The van der Waals surface area contributed by atoms with Gasteiger partial charge in [0.05, 0.1) is 11.2 Å². The molecule has 0 bridgehead atoms. The van der Waals surface area contributed by atoms with Gasteiger partial charge in [-0.3, -0.25) is 9.69 Å². The molecular formula is C12H13NO2S2. The maximum Gasteiger partial charge on any atom is 0.266 e. The standard InChI is InChI=1S/C12H13NO2S2/c1-3-8(2)13-11(14)10(17-12(13)16)7-9-5-4-6-15-9/h4-8H,3H2,1-2H3/b10-7-. The fourth-order valence-corrected chi connectivity index (χ4v) is 2.99. The minimum Gasteiger partial charge on any atom is -0.465 e. The van der Waals surface area contributed by atoms with Crippen LogP contribution in [-0.2, 0) is 4.79 Å². The van der Waals surface area contributed by atoms with E-state index in [4.69, 9.17) is 16.6 Å². The number of amides is 1. The summed E-state index contributed by atoms with van der Waals surface area (Å²) in [5, 5.41) is 0. The Kier molecular flexibility index (Phi) is 3.69. The highest BCUT2D eigenvalue weighted by molar-refractivity contribution is 8.26. The summed E-state index contributed by atoms with van der Waals surface area (Å²) in [5.74, 6) is 0.653. The predicted molar refractivity (Wildman–Crippen MR) is 73.5 cm³/mol. The average molecular weight is 267 g/mol. The van der Waals surface area contributed by atoms with E-state index >= 15 is 0 Å². The normalized spacial score (nSPS) is 20.4. The van der Waals surface area contributed by atoms with Gasteiger partial charge in [0.25, 0.3) is 5.91 Å². The first-order chi connectivity index (χ1) is 8.13. The molecule has 1 saturated heterocycles. The van der Waals surface area contributed by atoms with Crippen molar-refractivity contribution in [3.05, 3.63) is 29.1 Å². The van der Waals surface area contributed by atoms with E-state index in [0.29, 0.717) is 15.0 Å². The van der Waals surface area contributed by atoms with Gasteiger partial charge in [-0.1, -0.05) is 30.9 Å². The second kappa shape index (κ2) is 5.06. The molecule has 0 saturated carbocycles. The summed E-state index contributed by atoms with van der Waals surface area (Å²) in [7, 11) is 0. The SMILES string of the molecule is CCC(C)N1C(=O)/C(=C/c2ccco2)SC1=S. The Bertz CT molecular complexity index is 465. The van der Waals surface area contributed by atoms with E-state index in [9.17, 15) is 4.79 Å². The summed E-state index contributed by atoms with van der Waals surface area (Å²) in [6.07, 6.45) is 4.21. The quantitative estimate of drug-likeness (QED) is 0.621. The molecule has 0 aliphatic carbocycles. The van der Waals surface area contributed by atoms with Gasteiger partial charge in [0, 0.05) is 12.1 Å². The molecule has 1 atom stereocenters. The molecule has 2 rings (SSSR count). The lowest BCUT2D eigenvalue weighted by Crippen LogP contribution is -2.36. The first-order valence-corrected chi connectivity index (χ1v) is 6.66. The van der Waals surface area contributed by atoms with Gasteiger partial charge in [0.1, 0.15) is 10.1 Å². The molecule has 0 radical (unpaired) electrons. The van der Waals surface area contributed by atoms with Gasteiger partial charge in [-0.2, -0.15) is 0 Å². The van der Waals surface area contributed by atoms with Crippen LogP contribution in [0.25, 0.3) is 6.08 Å². The summed E-state index contributed by atoms with van der Waals surface area (Å²) in [6.45, 7) is 4.04. The van der Waals surface area contributed by atoms with Crippen LogP contribution in [0.2, 0.25) is 0 Å². The monoisotopic (exact) mass is 267 g/mol. The van der Waals surface area contributed by atoms with Gasteiger partial charge in [-0.25, -0.2) is 0 Å². The zero-order chi connectivity index (χ0) is 12.4. The van der Waals surface area contributed by atoms with Gasteiger partial charge in [0.15, 0.2) is 0 Å². The molecule has 0 aromatic carbocycles. The number of rotatable bonds is 3. The van der Waals surface area contributed by atoms with Crippen LogP contribution in [0, 0.1) is 0 Å². The Morgan fingerprint density at radius 3 is 3.00 bits per heavy atom. The molecule has 17 heavy (non-hydrogen) atoms. The van der Waals surface area contributed by atoms with Crippen molar-refractivity contribution in [2.45, 2.75) is 26.3 Å². The van der Waals surface area contributed by atoms with E-state index in [0.717, 1.165) is 6.42 Å². The fraction of sp³-hybridized carbons (Fsp3) is 0.333. The molecule has 1 amide bonds. The van der Waals surface area contributed by atoms with Gasteiger partial charge in [0.2, 0.25) is 0 Å². The van der Waals surface area contributed by atoms with Crippen molar-refractivity contribution in [1.82, 2.24) is 4.90 Å². The summed E-state index contributed by atoms with van der Waals surface area (Å²) in [4.78, 5) is 14.5. The molecular weight excluding hydrogens is 254 g/mol.